The number of nitrogens with two attached hydrogens (primary N) is 1. The molecule has 0 aliphatic carbocycles. The number of sulfonamides is 1. The molecule has 0 atom stereocenters. The van der Waals surface area contributed by atoms with Crippen molar-refractivity contribution in [1.29, 1.82) is 0 Å². The maximum absolute atomic E-state index is 11.2. The first-order chi connectivity index (χ1) is 10.0. The molecule has 1 aliphatic heterocycles. The first-order valence-electron chi connectivity index (χ1n) is 6.76. The highest BCUT2D eigenvalue weighted by Crippen LogP contribution is 2.39. The van der Waals surface area contributed by atoms with Gasteiger partial charge in [-0.3, -0.25) is 4.99 Å². The molecule has 0 aromatic heterocycles. The third-order valence-electron chi connectivity index (χ3n) is 3.76. The van der Waals surface area contributed by atoms with Crippen molar-refractivity contribution in [1.82, 2.24) is 0 Å². The van der Waals surface area contributed by atoms with Gasteiger partial charge in [-0.2, -0.15) is 0 Å². The monoisotopic (exact) mass is 324 g/mol. The summed E-state index contributed by atoms with van der Waals surface area (Å²) < 4.78 is 33.7. The van der Waals surface area contributed by atoms with Gasteiger partial charge in [0.2, 0.25) is 10.0 Å². The van der Waals surface area contributed by atoms with Gasteiger partial charge in [0.25, 0.3) is 5.95 Å². The van der Waals surface area contributed by atoms with E-state index in [1.165, 1.54) is 12.1 Å². The van der Waals surface area contributed by atoms with E-state index in [9.17, 15) is 8.42 Å². The van der Waals surface area contributed by atoms with Crippen molar-refractivity contribution in [2.24, 2.45) is 10.1 Å². The maximum Gasteiger partial charge on any atom is 0.282 e. The average molecular weight is 324 g/mol. The molecule has 1 aliphatic rings. The van der Waals surface area contributed by atoms with E-state index in [1.54, 1.807) is 24.4 Å². The molecule has 1 saturated heterocycles. The van der Waals surface area contributed by atoms with Gasteiger partial charge in [-0.05, 0) is 52.0 Å². The number of rotatable bonds is 3. The van der Waals surface area contributed by atoms with Gasteiger partial charge < -0.3 is 9.47 Å². The number of allylic oxidation sites excluding steroid dienone is 1. The van der Waals surface area contributed by atoms with Crippen molar-refractivity contribution >= 4 is 21.9 Å². The molecule has 0 radical (unpaired) electrons. The lowest BCUT2D eigenvalue weighted by Gasteiger charge is -2.28. The summed E-state index contributed by atoms with van der Waals surface area (Å²) in [4.78, 5) is 4.24. The van der Waals surface area contributed by atoms with Crippen LogP contribution in [0.25, 0.3) is 0 Å². The maximum atomic E-state index is 11.2. The highest BCUT2D eigenvalue weighted by molar-refractivity contribution is 7.89. The van der Waals surface area contributed by atoms with E-state index in [0.29, 0.717) is 11.6 Å². The summed E-state index contributed by atoms with van der Waals surface area (Å²) in [6.07, 6.45) is 3.17. The minimum atomic E-state index is -3.68. The number of nitrogens with zero attached hydrogens (tertiary/aromatic N) is 1. The first-order valence-corrected chi connectivity index (χ1v) is 8.31. The van der Waals surface area contributed by atoms with Crippen LogP contribution >= 0.6 is 0 Å². The Kier molecular flexibility index (Phi) is 4.06. The Hall–Kier alpha value is -1.86. The van der Waals surface area contributed by atoms with Crippen molar-refractivity contribution < 1.29 is 17.9 Å². The minimum absolute atomic E-state index is 0.0516. The molecule has 0 bridgehead atoms. The normalized spacial score (nSPS) is 19.8. The number of primary sulfonamides is 1. The van der Waals surface area contributed by atoms with Crippen LogP contribution in [0.3, 0.4) is 0 Å². The molecular weight excluding hydrogens is 304 g/mol. The molecule has 0 spiro atoms. The lowest BCUT2D eigenvalue weighted by molar-refractivity contribution is 0.00578. The zero-order valence-electron chi connectivity index (χ0n) is 13.0. The summed E-state index contributed by atoms with van der Waals surface area (Å²) in [5.74, 6) is 0.403. The topological polar surface area (TPSA) is 91.0 Å². The first kappa shape index (κ1) is 16.5. The zero-order valence-corrected chi connectivity index (χ0v) is 13.8. The molecular formula is C15H20N2O4S. The molecule has 7 heteroatoms. The number of ether oxygens (including phenoxy) is 2. The molecule has 120 valence electrons. The third kappa shape index (κ3) is 3.48. The molecule has 1 fully saturated rings. The van der Waals surface area contributed by atoms with E-state index >= 15 is 0 Å². The predicted octanol–water partition coefficient (Wildman–Crippen LogP) is 2.48. The van der Waals surface area contributed by atoms with Crippen LogP contribution in [-0.2, 0) is 19.5 Å². The second kappa shape index (κ2) is 5.40. The third-order valence-corrected chi connectivity index (χ3v) is 4.69. The molecule has 6 nitrogen and oxygen atoms in total. The summed E-state index contributed by atoms with van der Waals surface area (Å²) >= 11 is 0. The Morgan fingerprint density at radius 3 is 2.00 bits per heavy atom. The highest BCUT2D eigenvalue weighted by atomic mass is 32.2. The standard InChI is InChI=1S/C15H20N2O4S/c1-14(2)15(3,4)21-13(20-14)9-10-17-11-5-7-12(8-6-11)22(16,18)19/h5-10H,1-4H3,(H2,16,18,19). The number of hydrogen-bond acceptors (Lipinski definition) is 5. The van der Waals surface area contributed by atoms with Crippen molar-refractivity contribution in [2.45, 2.75) is 43.8 Å². The van der Waals surface area contributed by atoms with Gasteiger partial charge in [-0.15, -0.1) is 0 Å². The predicted molar refractivity (Wildman–Crippen MR) is 84.4 cm³/mol. The molecule has 2 N–H and O–H groups in total. The molecule has 0 unspecified atom stereocenters. The average Bonchev–Trinajstić information content (AvgIpc) is 2.57. The van der Waals surface area contributed by atoms with Crippen LogP contribution in [-0.4, -0.2) is 25.8 Å². The summed E-state index contributed by atoms with van der Waals surface area (Å²) in [6, 6.07) is 5.95. The van der Waals surface area contributed by atoms with Gasteiger partial charge in [0.05, 0.1) is 10.6 Å². The van der Waals surface area contributed by atoms with Crippen molar-refractivity contribution in [3.8, 4) is 0 Å². The Morgan fingerprint density at radius 2 is 1.55 bits per heavy atom. The van der Waals surface area contributed by atoms with Gasteiger partial charge in [-0.1, -0.05) is 0 Å². The number of hydrogen-bond donors (Lipinski definition) is 1. The van der Waals surface area contributed by atoms with E-state index in [-0.39, 0.29) is 4.90 Å². The number of benzene rings is 1. The van der Waals surface area contributed by atoms with Crippen LogP contribution in [0, 0.1) is 0 Å². The summed E-state index contributed by atoms with van der Waals surface area (Å²) in [7, 11) is -3.68. The van der Waals surface area contributed by atoms with Gasteiger partial charge >= 0.3 is 0 Å². The van der Waals surface area contributed by atoms with E-state index in [2.05, 4.69) is 4.99 Å². The van der Waals surface area contributed by atoms with E-state index in [4.69, 9.17) is 14.6 Å². The molecule has 22 heavy (non-hydrogen) atoms. The van der Waals surface area contributed by atoms with Crippen LogP contribution < -0.4 is 5.14 Å². The van der Waals surface area contributed by atoms with Crippen LogP contribution in [0.2, 0.25) is 0 Å². The SMILES string of the molecule is CC1(C)OC(=CC=Nc2ccc(S(N)(=O)=O)cc2)OC1(C)C. The fraction of sp³-hybridized carbons (Fsp3) is 0.400. The van der Waals surface area contributed by atoms with Crippen LogP contribution in [0.5, 0.6) is 0 Å². The summed E-state index contributed by atoms with van der Waals surface area (Å²) in [5.41, 5.74) is -0.256. The molecule has 1 aromatic rings. The molecule has 1 aromatic carbocycles. The summed E-state index contributed by atoms with van der Waals surface area (Å²) in [5, 5.41) is 5.03. The quantitative estimate of drug-likeness (QED) is 0.865. The van der Waals surface area contributed by atoms with Gasteiger partial charge in [0, 0.05) is 12.3 Å². The van der Waals surface area contributed by atoms with E-state index < -0.39 is 21.2 Å². The van der Waals surface area contributed by atoms with Crippen molar-refractivity contribution in [2.75, 3.05) is 0 Å². The molecule has 1 heterocycles. The fourth-order valence-electron chi connectivity index (χ4n) is 1.74. The van der Waals surface area contributed by atoms with E-state index in [1.807, 2.05) is 27.7 Å². The van der Waals surface area contributed by atoms with Crippen LogP contribution in [0.15, 0.2) is 46.2 Å². The van der Waals surface area contributed by atoms with Crippen LogP contribution in [0.4, 0.5) is 5.69 Å². The van der Waals surface area contributed by atoms with Crippen molar-refractivity contribution in [3.05, 3.63) is 36.3 Å². The highest BCUT2D eigenvalue weighted by Gasteiger charge is 2.48. The lowest BCUT2D eigenvalue weighted by atomic mass is 9.90. The van der Waals surface area contributed by atoms with Gasteiger partial charge in [0.15, 0.2) is 0 Å². The molecule has 0 saturated carbocycles. The largest absolute Gasteiger partial charge is 0.455 e. The Morgan fingerprint density at radius 1 is 1.05 bits per heavy atom. The smallest absolute Gasteiger partial charge is 0.282 e. The summed E-state index contributed by atoms with van der Waals surface area (Å²) in [6.45, 7) is 7.82. The lowest BCUT2D eigenvalue weighted by Crippen LogP contribution is -2.41. The van der Waals surface area contributed by atoms with Crippen molar-refractivity contribution in [3.63, 3.8) is 0 Å². The fourth-order valence-corrected chi connectivity index (χ4v) is 2.26. The molecule has 0 amide bonds. The van der Waals surface area contributed by atoms with Gasteiger partial charge in [0.1, 0.15) is 11.2 Å². The Balaban J connectivity index is 2.09. The second-order valence-electron chi connectivity index (χ2n) is 6.03. The zero-order chi connectivity index (χ0) is 16.6. The Labute approximate surface area is 130 Å². The second-order valence-corrected chi connectivity index (χ2v) is 7.59. The molecule has 2 rings (SSSR count). The Bertz CT molecular complexity index is 698. The van der Waals surface area contributed by atoms with E-state index in [0.717, 1.165) is 0 Å². The van der Waals surface area contributed by atoms with Gasteiger partial charge in [-0.25, -0.2) is 13.6 Å². The van der Waals surface area contributed by atoms with Crippen LogP contribution in [0.1, 0.15) is 27.7 Å². The number of aliphatic imine (C=N–C) groups is 1. The minimum Gasteiger partial charge on any atom is -0.455 e.